The van der Waals surface area contributed by atoms with Crippen LogP contribution >= 0.6 is 0 Å². The van der Waals surface area contributed by atoms with Crippen molar-refractivity contribution < 1.29 is 42.9 Å². The van der Waals surface area contributed by atoms with E-state index >= 15 is 0 Å². The number of ether oxygens (including phenoxy) is 4. The molecule has 0 radical (unpaired) electrons. The van der Waals surface area contributed by atoms with Crippen LogP contribution in [0.2, 0.25) is 0 Å². The van der Waals surface area contributed by atoms with Gasteiger partial charge in [-0.15, -0.1) is 0 Å². The SMILES string of the molecule is CC/C=C\C/C=C\C/C=C\C/C=C\C/C=C\C/C=C\C/C=C\C/C=C\CCCCCCCCCCCCCCCCC(=O)OC(COC(=O)CCCCCCCCCCCCCCCCCCCCCCCCCCCCCCCCCCCCCCC)COC(OCC[N+](C)(C)C)C(=O)[O-]. The first-order valence-corrected chi connectivity index (χ1v) is 43.4. The van der Waals surface area contributed by atoms with Gasteiger partial charge in [0.25, 0.3) is 0 Å². The van der Waals surface area contributed by atoms with E-state index in [9.17, 15) is 19.5 Å². The Kier molecular flexibility index (Phi) is 78.8. The molecule has 9 heteroatoms. The van der Waals surface area contributed by atoms with Crippen LogP contribution in [-0.4, -0.2) is 82.3 Å². The summed E-state index contributed by atoms with van der Waals surface area (Å²) in [7, 11) is 5.95. The molecule has 0 aromatic carbocycles. The summed E-state index contributed by atoms with van der Waals surface area (Å²) in [6.45, 7) is 4.70. The van der Waals surface area contributed by atoms with Crippen molar-refractivity contribution in [2.75, 3.05) is 47.5 Å². The third kappa shape index (κ3) is 83.4. The smallest absolute Gasteiger partial charge is 0.306 e. The van der Waals surface area contributed by atoms with Gasteiger partial charge in [-0.1, -0.05) is 419 Å². The summed E-state index contributed by atoms with van der Waals surface area (Å²) in [5.41, 5.74) is 0. The number of likely N-dealkylation sites (N-methyl/N-ethyl adjacent to an activating group) is 1. The van der Waals surface area contributed by atoms with Gasteiger partial charge in [0.1, 0.15) is 13.2 Å². The number of esters is 2. The van der Waals surface area contributed by atoms with Gasteiger partial charge in [-0.3, -0.25) is 9.59 Å². The second kappa shape index (κ2) is 81.9. The molecule has 0 aliphatic carbocycles. The van der Waals surface area contributed by atoms with Crippen molar-refractivity contribution in [2.24, 2.45) is 0 Å². The number of hydrogen-bond donors (Lipinski definition) is 0. The molecule has 0 saturated carbocycles. The van der Waals surface area contributed by atoms with Crippen molar-refractivity contribution in [2.45, 2.75) is 424 Å². The van der Waals surface area contributed by atoms with E-state index in [0.717, 1.165) is 89.9 Å². The number of unbranched alkanes of at least 4 members (excludes halogenated alkanes) is 50. The lowest BCUT2D eigenvalue weighted by Crippen LogP contribution is -2.44. The third-order valence-electron chi connectivity index (χ3n) is 19.3. The zero-order valence-corrected chi connectivity index (χ0v) is 67.3. The molecule has 101 heavy (non-hydrogen) atoms. The van der Waals surface area contributed by atoms with E-state index in [2.05, 4.69) is 111 Å². The molecular formula is C92H165NO8. The Bertz CT molecular complexity index is 1990. The van der Waals surface area contributed by atoms with Gasteiger partial charge in [-0.05, 0) is 77.0 Å². The van der Waals surface area contributed by atoms with Crippen LogP contribution in [0.25, 0.3) is 0 Å². The predicted octanol–water partition coefficient (Wildman–Crippen LogP) is 26.9. The normalized spacial score (nSPS) is 13.1. The standard InChI is InChI=1S/C92H165NO8/c1-6-8-10-12-14-16-18-20-22-24-26-28-30-32-34-36-38-40-42-44-45-47-49-51-53-55-57-59-61-63-65-67-69-71-73-75-77-79-81-83-90(95)101-88(87-100-92(91(96)97)98-85-84-93(3,4)5)86-99-89(94)82-80-78-76-74-72-70-68-66-64-62-60-58-56-54-52-50-48-46-43-41-39-37-35-33-31-29-27-25-23-21-19-17-15-13-11-9-7-2/h8,10,14,16,20,22,26,28,32,34,38,40,44-45,49,51,88,92H,6-7,9,11-13,15,17-19,21,23-25,27,29-31,33,35-37,39,41-43,46-48,50,52-87H2,1-5H3/b10-8-,16-14-,22-20-,28-26-,34-32-,40-38-,45-44-,51-49-. The first-order valence-electron chi connectivity index (χ1n) is 43.4. The van der Waals surface area contributed by atoms with Crippen LogP contribution in [0, 0.1) is 0 Å². The molecule has 0 amide bonds. The molecule has 0 aliphatic rings. The number of carbonyl (C=O) groups excluding carboxylic acids is 3. The third-order valence-corrected chi connectivity index (χ3v) is 19.3. The molecular weight excluding hydrogens is 1250 g/mol. The zero-order valence-electron chi connectivity index (χ0n) is 67.3. The monoisotopic (exact) mass is 1410 g/mol. The van der Waals surface area contributed by atoms with Gasteiger partial charge >= 0.3 is 11.9 Å². The Morgan fingerprint density at radius 3 is 0.842 bits per heavy atom. The van der Waals surface area contributed by atoms with Gasteiger partial charge in [0.15, 0.2) is 12.4 Å². The molecule has 0 aliphatic heterocycles. The highest BCUT2D eigenvalue weighted by Gasteiger charge is 2.22. The zero-order chi connectivity index (χ0) is 73.2. The maximum Gasteiger partial charge on any atom is 0.306 e. The van der Waals surface area contributed by atoms with Gasteiger partial charge in [0.05, 0.1) is 40.3 Å². The van der Waals surface area contributed by atoms with Crippen molar-refractivity contribution in [3.63, 3.8) is 0 Å². The summed E-state index contributed by atoms with van der Waals surface area (Å²) in [6.07, 6.45) is 111. The predicted molar refractivity (Wildman–Crippen MR) is 435 cm³/mol. The first-order chi connectivity index (χ1) is 49.6. The minimum Gasteiger partial charge on any atom is -0.545 e. The van der Waals surface area contributed by atoms with E-state index in [1.165, 1.54) is 289 Å². The van der Waals surface area contributed by atoms with Crippen LogP contribution in [0.3, 0.4) is 0 Å². The Hall–Kier alpha value is -3.79. The quantitative estimate of drug-likeness (QED) is 0.0195. The number of nitrogens with zero attached hydrogens (tertiary/aromatic N) is 1. The number of quaternary nitrogens is 1. The lowest BCUT2D eigenvalue weighted by atomic mass is 10.0. The van der Waals surface area contributed by atoms with Crippen LogP contribution in [0.4, 0.5) is 0 Å². The van der Waals surface area contributed by atoms with Crippen LogP contribution in [0.1, 0.15) is 412 Å². The first kappa shape index (κ1) is 97.2. The number of rotatable bonds is 81. The average molecular weight is 1410 g/mol. The number of allylic oxidation sites excluding steroid dienone is 16. The minimum absolute atomic E-state index is 0.147. The van der Waals surface area contributed by atoms with Crippen LogP contribution in [0.5, 0.6) is 0 Å². The molecule has 0 bridgehead atoms. The summed E-state index contributed by atoms with van der Waals surface area (Å²) in [6, 6.07) is 0. The average Bonchev–Trinajstić information content (AvgIpc) is 1.21. The van der Waals surface area contributed by atoms with E-state index in [4.69, 9.17) is 18.9 Å². The Morgan fingerprint density at radius 1 is 0.307 bits per heavy atom. The lowest BCUT2D eigenvalue weighted by Gasteiger charge is -2.26. The molecule has 2 atom stereocenters. The molecule has 0 spiro atoms. The number of carboxylic acid groups (broad SMARTS) is 1. The summed E-state index contributed by atoms with van der Waals surface area (Å²) in [5, 5.41) is 11.9. The summed E-state index contributed by atoms with van der Waals surface area (Å²) >= 11 is 0. The summed E-state index contributed by atoms with van der Waals surface area (Å²) < 4.78 is 22.9. The van der Waals surface area contributed by atoms with Gasteiger partial charge in [0, 0.05) is 12.8 Å². The van der Waals surface area contributed by atoms with E-state index in [1.54, 1.807) is 0 Å². The molecule has 0 aromatic rings. The second-order valence-electron chi connectivity index (χ2n) is 30.5. The highest BCUT2D eigenvalue weighted by Crippen LogP contribution is 2.20. The van der Waals surface area contributed by atoms with Crippen LogP contribution in [-0.2, 0) is 33.3 Å². The maximum absolute atomic E-state index is 13.0. The number of aliphatic carboxylic acids is 1. The highest BCUT2D eigenvalue weighted by molar-refractivity contribution is 5.70. The maximum atomic E-state index is 13.0. The molecule has 0 aromatic heterocycles. The molecule has 9 nitrogen and oxygen atoms in total. The van der Waals surface area contributed by atoms with E-state index in [-0.39, 0.29) is 32.2 Å². The number of carbonyl (C=O) groups is 3. The van der Waals surface area contributed by atoms with E-state index in [1.807, 2.05) is 21.1 Å². The van der Waals surface area contributed by atoms with E-state index < -0.39 is 24.3 Å². The lowest BCUT2D eigenvalue weighted by molar-refractivity contribution is -0.870. The largest absolute Gasteiger partial charge is 0.545 e. The fraction of sp³-hybridized carbons (Fsp3) is 0.793. The Balaban J connectivity index is 3.97. The molecule has 0 heterocycles. The topological polar surface area (TPSA) is 111 Å². The minimum atomic E-state index is -1.63. The Labute approximate surface area is 626 Å². The molecule has 0 rings (SSSR count). The molecule has 0 saturated heterocycles. The van der Waals surface area contributed by atoms with Crippen molar-refractivity contribution in [1.82, 2.24) is 0 Å². The van der Waals surface area contributed by atoms with Gasteiger partial charge in [-0.25, -0.2) is 0 Å². The molecule has 0 fully saturated rings. The molecule has 0 N–H and O–H groups in total. The van der Waals surface area contributed by atoms with Gasteiger partial charge < -0.3 is 33.3 Å². The van der Waals surface area contributed by atoms with Crippen LogP contribution < -0.4 is 5.11 Å². The number of hydrogen-bond acceptors (Lipinski definition) is 8. The fourth-order valence-electron chi connectivity index (χ4n) is 12.8. The summed E-state index contributed by atoms with van der Waals surface area (Å²) in [5.74, 6) is -2.26. The molecule has 586 valence electrons. The van der Waals surface area contributed by atoms with Crippen molar-refractivity contribution in [3.05, 3.63) is 97.2 Å². The van der Waals surface area contributed by atoms with Crippen molar-refractivity contribution >= 4 is 17.9 Å². The summed E-state index contributed by atoms with van der Waals surface area (Å²) in [4.78, 5) is 37.7. The highest BCUT2D eigenvalue weighted by atomic mass is 16.7. The van der Waals surface area contributed by atoms with Crippen LogP contribution in [0.15, 0.2) is 97.2 Å². The molecule has 2 unspecified atom stereocenters. The second-order valence-corrected chi connectivity index (χ2v) is 30.5. The van der Waals surface area contributed by atoms with Gasteiger partial charge in [-0.2, -0.15) is 0 Å². The fourth-order valence-corrected chi connectivity index (χ4v) is 12.8. The Morgan fingerprint density at radius 2 is 0.564 bits per heavy atom. The van der Waals surface area contributed by atoms with E-state index in [0.29, 0.717) is 23.9 Å². The van der Waals surface area contributed by atoms with Crippen molar-refractivity contribution in [1.29, 1.82) is 0 Å². The van der Waals surface area contributed by atoms with Gasteiger partial charge in [0.2, 0.25) is 0 Å². The van der Waals surface area contributed by atoms with Crippen molar-refractivity contribution in [3.8, 4) is 0 Å². The number of carboxylic acids is 1.